The van der Waals surface area contributed by atoms with Crippen molar-refractivity contribution in [2.75, 3.05) is 39.4 Å². The lowest BCUT2D eigenvalue weighted by molar-refractivity contribution is -0.0504. The van der Waals surface area contributed by atoms with Crippen LogP contribution in [0.2, 0.25) is 0 Å². The van der Waals surface area contributed by atoms with Crippen molar-refractivity contribution < 1.29 is 22.7 Å². The summed E-state index contributed by atoms with van der Waals surface area (Å²) in [6.45, 7) is 5.49. The molecule has 1 atom stereocenters. The summed E-state index contributed by atoms with van der Waals surface area (Å²) in [5.41, 5.74) is 0.589. The molecule has 0 saturated carbocycles. The van der Waals surface area contributed by atoms with Crippen molar-refractivity contribution in [2.45, 2.75) is 33.0 Å². The minimum Gasteiger partial charge on any atom is -0.465 e. The van der Waals surface area contributed by atoms with Gasteiger partial charge in [0.1, 0.15) is 17.3 Å². The van der Waals surface area contributed by atoms with Crippen molar-refractivity contribution in [2.24, 2.45) is 4.99 Å². The summed E-state index contributed by atoms with van der Waals surface area (Å²) in [5.74, 6) is 2.48. The van der Waals surface area contributed by atoms with Gasteiger partial charge < -0.3 is 24.5 Å². The smallest absolute Gasteiger partial charge is 0.387 e. The summed E-state index contributed by atoms with van der Waals surface area (Å²) in [4.78, 5) is 6.89. The number of hydrogen-bond donors (Lipinski definition) is 2. The summed E-state index contributed by atoms with van der Waals surface area (Å²) >= 11 is 0. The summed E-state index contributed by atoms with van der Waals surface area (Å²) in [5, 5.41) is 6.57. The Morgan fingerprint density at radius 1 is 1.16 bits per heavy atom. The summed E-state index contributed by atoms with van der Waals surface area (Å²) < 4.78 is 41.3. The highest BCUT2D eigenvalue weighted by Gasteiger charge is 2.25. The first-order chi connectivity index (χ1) is 15.1. The number of aryl methyl sites for hydroxylation is 1. The minimum absolute atomic E-state index is 0. The first-order valence-corrected chi connectivity index (χ1v) is 10.5. The van der Waals surface area contributed by atoms with Gasteiger partial charge in [0.2, 0.25) is 0 Å². The molecule has 0 amide bonds. The van der Waals surface area contributed by atoms with E-state index in [-0.39, 0.29) is 42.3 Å². The van der Waals surface area contributed by atoms with E-state index in [1.165, 1.54) is 6.07 Å². The fraction of sp³-hybridized carbons (Fsp3) is 0.500. The number of morpholine rings is 1. The second-order valence-corrected chi connectivity index (χ2v) is 7.17. The van der Waals surface area contributed by atoms with E-state index in [4.69, 9.17) is 9.15 Å². The normalized spacial score (nSPS) is 15.8. The van der Waals surface area contributed by atoms with E-state index >= 15 is 0 Å². The van der Waals surface area contributed by atoms with Crippen LogP contribution in [0.3, 0.4) is 0 Å². The molecule has 0 bridgehead atoms. The van der Waals surface area contributed by atoms with E-state index in [0.29, 0.717) is 37.8 Å². The first kappa shape index (κ1) is 26.3. The number of benzene rings is 1. The van der Waals surface area contributed by atoms with Gasteiger partial charge >= 0.3 is 6.61 Å². The Labute approximate surface area is 204 Å². The Morgan fingerprint density at radius 3 is 2.56 bits per heavy atom. The topological polar surface area (TPSA) is 71.3 Å². The van der Waals surface area contributed by atoms with Crippen LogP contribution in [0, 0.1) is 6.92 Å². The average molecular weight is 564 g/mol. The van der Waals surface area contributed by atoms with Gasteiger partial charge in [-0.1, -0.05) is 18.2 Å². The van der Waals surface area contributed by atoms with E-state index in [1.54, 1.807) is 18.2 Å². The van der Waals surface area contributed by atoms with Gasteiger partial charge in [-0.05, 0) is 32.0 Å². The standard InChI is InChI=1S/C22H30F2N4O3.HI/c1-3-25-22(26-14-17-6-4-5-7-19(17)31-21(23)24)27-15-18(20-9-8-16(2)30-20)28-10-12-29-13-11-28;/h4-9,18,21H,3,10-15H2,1-2H3,(H2,25,26,27);1H. The molecule has 1 aromatic carbocycles. The molecule has 10 heteroatoms. The quantitative estimate of drug-likeness (QED) is 0.273. The first-order valence-electron chi connectivity index (χ1n) is 10.5. The Balaban J connectivity index is 0.00000363. The molecule has 2 aromatic rings. The number of guanidine groups is 1. The molecule has 3 rings (SSSR count). The molecule has 0 spiro atoms. The van der Waals surface area contributed by atoms with Crippen LogP contribution in [0.5, 0.6) is 5.75 Å². The third-order valence-corrected chi connectivity index (χ3v) is 4.98. The molecule has 2 N–H and O–H groups in total. The van der Waals surface area contributed by atoms with Gasteiger partial charge in [-0.2, -0.15) is 8.78 Å². The number of ether oxygens (including phenoxy) is 2. The lowest BCUT2D eigenvalue weighted by atomic mass is 10.1. The van der Waals surface area contributed by atoms with Gasteiger partial charge in [-0.25, -0.2) is 4.99 Å². The maximum Gasteiger partial charge on any atom is 0.387 e. The van der Waals surface area contributed by atoms with Gasteiger partial charge in [0.15, 0.2) is 5.96 Å². The molecule has 178 valence electrons. The third-order valence-electron chi connectivity index (χ3n) is 4.98. The van der Waals surface area contributed by atoms with Crippen LogP contribution in [0.15, 0.2) is 45.8 Å². The van der Waals surface area contributed by atoms with Crippen molar-refractivity contribution in [1.29, 1.82) is 0 Å². The molecule has 0 aliphatic carbocycles. The number of alkyl halides is 2. The van der Waals surface area contributed by atoms with Gasteiger partial charge in [0.05, 0.1) is 25.8 Å². The fourth-order valence-electron chi connectivity index (χ4n) is 3.48. The second kappa shape index (κ2) is 13.6. The maximum absolute atomic E-state index is 12.7. The zero-order valence-corrected chi connectivity index (χ0v) is 20.7. The zero-order valence-electron chi connectivity index (χ0n) is 18.4. The van der Waals surface area contributed by atoms with Crippen LogP contribution in [-0.4, -0.2) is 56.9 Å². The number of nitrogens with zero attached hydrogens (tertiary/aromatic N) is 2. The molecule has 1 aliphatic rings. The molecule has 0 radical (unpaired) electrons. The van der Waals surface area contributed by atoms with E-state index in [9.17, 15) is 8.78 Å². The molecule has 1 fully saturated rings. The third kappa shape index (κ3) is 7.89. The summed E-state index contributed by atoms with van der Waals surface area (Å²) in [6.07, 6.45) is 0. The number of aliphatic imine (C=N–C) groups is 1. The summed E-state index contributed by atoms with van der Waals surface area (Å²) in [7, 11) is 0. The van der Waals surface area contributed by atoms with Gasteiger partial charge in [-0.15, -0.1) is 24.0 Å². The predicted octanol–water partition coefficient (Wildman–Crippen LogP) is 3.94. The van der Waals surface area contributed by atoms with Gasteiger partial charge in [-0.3, -0.25) is 4.90 Å². The van der Waals surface area contributed by atoms with E-state index in [2.05, 4.69) is 25.3 Å². The molecule has 1 aromatic heterocycles. The fourth-order valence-corrected chi connectivity index (χ4v) is 3.48. The monoisotopic (exact) mass is 564 g/mol. The molecule has 1 aliphatic heterocycles. The van der Waals surface area contributed by atoms with Crippen LogP contribution >= 0.6 is 24.0 Å². The average Bonchev–Trinajstić information content (AvgIpc) is 3.19. The summed E-state index contributed by atoms with van der Waals surface area (Å²) in [6, 6.07) is 10.7. The van der Waals surface area contributed by atoms with Gasteiger partial charge in [0.25, 0.3) is 0 Å². The molecular formula is C22H31F2IN4O3. The van der Waals surface area contributed by atoms with Crippen LogP contribution in [0.4, 0.5) is 8.78 Å². The molecule has 1 unspecified atom stereocenters. The minimum atomic E-state index is -2.87. The molecular weight excluding hydrogens is 533 g/mol. The Hall–Kier alpha value is -1.92. The highest BCUT2D eigenvalue weighted by atomic mass is 127. The SMILES string of the molecule is CCNC(=NCc1ccccc1OC(F)F)NCC(c1ccc(C)o1)N1CCOCC1.I. The van der Waals surface area contributed by atoms with Crippen LogP contribution in [0.1, 0.15) is 30.0 Å². The maximum atomic E-state index is 12.7. The number of para-hydroxylation sites is 1. The number of halogens is 3. The predicted molar refractivity (Wildman–Crippen MR) is 130 cm³/mol. The van der Waals surface area contributed by atoms with Crippen LogP contribution in [0.25, 0.3) is 0 Å². The zero-order chi connectivity index (χ0) is 22.1. The van der Waals surface area contributed by atoms with Crippen LogP contribution in [-0.2, 0) is 11.3 Å². The van der Waals surface area contributed by atoms with Crippen molar-refractivity contribution in [1.82, 2.24) is 15.5 Å². The number of furan rings is 1. The lowest BCUT2D eigenvalue weighted by Crippen LogP contribution is -2.46. The Bertz CT molecular complexity index is 844. The van der Waals surface area contributed by atoms with Crippen LogP contribution < -0.4 is 15.4 Å². The van der Waals surface area contributed by atoms with Crippen molar-refractivity contribution >= 4 is 29.9 Å². The van der Waals surface area contributed by atoms with Crippen molar-refractivity contribution in [3.05, 3.63) is 53.5 Å². The van der Waals surface area contributed by atoms with Crippen molar-refractivity contribution in [3.8, 4) is 5.75 Å². The van der Waals surface area contributed by atoms with Crippen molar-refractivity contribution in [3.63, 3.8) is 0 Å². The number of nitrogens with one attached hydrogen (secondary N) is 2. The highest BCUT2D eigenvalue weighted by molar-refractivity contribution is 14.0. The van der Waals surface area contributed by atoms with Gasteiger partial charge in [0, 0.05) is 31.7 Å². The Morgan fingerprint density at radius 2 is 1.91 bits per heavy atom. The Kier molecular flexibility index (Phi) is 11.2. The number of rotatable bonds is 9. The highest BCUT2D eigenvalue weighted by Crippen LogP contribution is 2.24. The van der Waals surface area contributed by atoms with E-state index < -0.39 is 6.61 Å². The van der Waals surface area contributed by atoms with E-state index in [1.807, 2.05) is 26.0 Å². The molecule has 7 nitrogen and oxygen atoms in total. The second-order valence-electron chi connectivity index (χ2n) is 7.17. The molecule has 1 saturated heterocycles. The largest absolute Gasteiger partial charge is 0.465 e. The lowest BCUT2D eigenvalue weighted by Gasteiger charge is -2.33. The number of hydrogen-bond acceptors (Lipinski definition) is 5. The van der Waals surface area contributed by atoms with E-state index in [0.717, 1.165) is 24.6 Å². The molecule has 32 heavy (non-hydrogen) atoms. The molecule has 2 heterocycles.